The molecule has 2 N–H and O–H groups in total. The van der Waals surface area contributed by atoms with E-state index in [1.807, 2.05) is 32.0 Å². The van der Waals surface area contributed by atoms with Crippen LogP contribution in [0.1, 0.15) is 25.8 Å². The van der Waals surface area contributed by atoms with Gasteiger partial charge < -0.3 is 10.4 Å². The molecule has 18 heavy (non-hydrogen) atoms. The first-order chi connectivity index (χ1) is 8.49. The summed E-state index contributed by atoms with van der Waals surface area (Å²) in [4.78, 5) is 11.7. The van der Waals surface area contributed by atoms with Gasteiger partial charge >= 0.3 is 0 Å². The van der Waals surface area contributed by atoms with Crippen molar-refractivity contribution in [3.63, 3.8) is 0 Å². The summed E-state index contributed by atoms with van der Waals surface area (Å²) in [5, 5.41) is 13.0. The average Bonchev–Trinajstić information content (AvgIpc) is 2.29. The predicted octanol–water partition coefficient (Wildman–Crippen LogP) is 2.41. The second kappa shape index (κ2) is 7.39. The largest absolute Gasteiger partial charge is 0.391 e. The third kappa shape index (κ3) is 5.52. The van der Waals surface area contributed by atoms with Crippen molar-refractivity contribution in [2.24, 2.45) is 5.92 Å². The number of benzene rings is 1. The number of carbonyl (C=O) groups excluding carboxylic acids is 1. The number of nitrogens with one attached hydrogen (secondary N) is 1. The zero-order valence-electron chi connectivity index (χ0n) is 10.8. The highest BCUT2D eigenvalue weighted by Gasteiger charge is 2.10. The quantitative estimate of drug-likeness (QED) is 0.833. The molecule has 0 bridgehead atoms. The second-order valence-electron chi connectivity index (χ2n) is 4.86. The lowest BCUT2D eigenvalue weighted by molar-refractivity contribution is -0.120. The molecule has 0 aliphatic carbocycles. The molecule has 1 aromatic carbocycles. The fourth-order valence-electron chi connectivity index (χ4n) is 1.74. The van der Waals surface area contributed by atoms with Gasteiger partial charge in [-0.25, -0.2) is 0 Å². The van der Waals surface area contributed by atoms with E-state index in [0.29, 0.717) is 23.9 Å². The number of carbonyl (C=O) groups is 1. The molecule has 0 saturated heterocycles. The standard InChI is InChI=1S/C14H20ClNO2/c1-10(2)7-12(17)9-16-14(18)8-11-5-3-4-6-13(11)15/h3-6,10,12,17H,7-9H2,1-2H3,(H,16,18). The molecule has 0 radical (unpaired) electrons. The van der Waals surface area contributed by atoms with Crippen LogP contribution in [0.2, 0.25) is 5.02 Å². The Kier molecular flexibility index (Phi) is 6.16. The fourth-order valence-corrected chi connectivity index (χ4v) is 1.94. The molecule has 3 nitrogen and oxygen atoms in total. The van der Waals surface area contributed by atoms with E-state index in [1.165, 1.54) is 0 Å². The van der Waals surface area contributed by atoms with Crippen LogP contribution >= 0.6 is 11.6 Å². The highest BCUT2D eigenvalue weighted by Crippen LogP contribution is 2.15. The van der Waals surface area contributed by atoms with Crippen LogP contribution in [0.4, 0.5) is 0 Å². The van der Waals surface area contributed by atoms with Gasteiger partial charge in [0.05, 0.1) is 12.5 Å². The zero-order valence-corrected chi connectivity index (χ0v) is 11.6. The summed E-state index contributed by atoms with van der Waals surface area (Å²) in [5.41, 5.74) is 0.801. The first-order valence-corrected chi connectivity index (χ1v) is 6.55. The van der Waals surface area contributed by atoms with Crippen LogP contribution in [-0.2, 0) is 11.2 Å². The molecule has 1 amide bonds. The molecular weight excluding hydrogens is 250 g/mol. The molecule has 0 spiro atoms. The van der Waals surface area contributed by atoms with E-state index < -0.39 is 6.10 Å². The van der Waals surface area contributed by atoms with Crippen LogP contribution in [0.3, 0.4) is 0 Å². The molecule has 1 unspecified atom stereocenters. The maximum atomic E-state index is 11.7. The summed E-state index contributed by atoms with van der Waals surface area (Å²) in [7, 11) is 0. The average molecular weight is 270 g/mol. The Morgan fingerprint density at radius 3 is 2.67 bits per heavy atom. The molecule has 0 fully saturated rings. The molecule has 0 aliphatic heterocycles. The minimum absolute atomic E-state index is 0.120. The number of hydrogen-bond acceptors (Lipinski definition) is 2. The highest BCUT2D eigenvalue weighted by molar-refractivity contribution is 6.31. The van der Waals surface area contributed by atoms with E-state index in [-0.39, 0.29) is 12.3 Å². The minimum atomic E-state index is -0.486. The van der Waals surface area contributed by atoms with Crippen LogP contribution < -0.4 is 5.32 Å². The molecule has 0 aromatic heterocycles. The Hall–Kier alpha value is -1.06. The Balaban J connectivity index is 2.36. The summed E-state index contributed by atoms with van der Waals surface area (Å²) in [6.07, 6.45) is 0.445. The third-order valence-electron chi connectivity index (χ3n) is 2.59. The van der Waals surface area contributed by atoms with Crippen molar-refractivity contribution in [2.75, 3.05) is 6.54 Å². The van der Waals surface area contributed by atoms with Gasteiger partial charge in [0, 0.05) is 11.6 Å². The Morgan fingerprint density at radius 2 is 2.06 bits per heavy atom. The zero-order chi connectivity index (χ0) is 13.5. The molecule has 1 rings (SSSR count). The van der Waals surface area contributed by atoms with Gasteiger partial charge in [0.2, 0.25) is 5.91 Å². The predicted molar refractivity (Wildman–Crippen MR) is 73.6 cm³/mol. The lowest BCUT2D eigenvalue weighted by Gasteiger charge is -2.14. The van der Waals surface area contributed by atoms with Crippen LogP contribution in [0.25, 0.3) is 0 Å². The van der Waals surface area contributed by atoms with E-state index in [4.69, 9.17) is 11.6 Å². The van der Waals surface area contributed by atoms with E-state index in [0.717, 1.165) is 5.56 Å². The van der Waals surface area contributed by atoms with Crippen molar-refractivity contribution in [3.8, 4) is 0 Å². The summed E-state index contributed by atoms with van der Waals surface area (Å²) in [6.45, 7) is 4.37. The number of halogens is 1. The number of amides is 1. The number of hydrogen-bond donors (Lipinski definition) is 2. The Labute approximate surface area is 113 Å². The molecule has 0 saturated carbocycles. The smallest absolute Gasteiger partial charge is 0.224 e. The molecule has 100 valence electrons. The summed E-state index contributed by atoms with van der Waals surface area (Å²) >= 11 is 5.97. The summed E-state index contributed by atoms with van der Waals surface area (Å²) < 4.78 is 0. The monoisotopic (exact) mass is 269 g/mol. The van der Waals surface area contributed by atoms with E-state index >= 15 is 0 Å². The summed E-state index contributed by atoms with van der Waals surface area (Å²) in [6, 6.07) is 7.27. The first kappa shape index (κ1) is 15.0. The molecule has 1 atom stereocenters. The van der Waals surface area contributed by atoms with Crippen molar-refractivity contribution >= 4 is 17.5 Å². The number of aliphatic hydroxyl groups is 1. The van der Waals surface area contributed by atoms with Crippen molar-refractivity contribution < 1.29 is 9.90 Å². The molecule has 1 aromatic rings. The summed E-state index contributed by atoms with van der Waals surface area (Å²) in [5.74, 6) is 0.298. The van der Waals surface area contributed by atoms with Crippen molar-refractivity contribution in [1.29, 1.82) is 0 Å². The van der Waals surface area contributed by atoms with E-state index in [1.54, 1.807) is 6.07 Å². The van der Waals surface area contributed by atoms with Gasteiger partial charge in [-0.1, -0.05) is 43.6 Å². The third-order valence-corrected chi connectivity index (χ3v) is 2.96. The van der Waals surface area contributed by atoms with Gasteiger partial charge in [-0.3, -0.25) is 4.79 Å². The van der Waals surface area contributed by atoms with Gasteiger partial charge in [-0.15, -0.1) is 0 Å². The number of rotatable bonds is 6. The first-order valence-electron chi connectivity index (χ1n) is 6.17. The minimum Gasteiger partial charge on any atom is -0.391 e. The van der Waals surface area contributed by atoms with Crippen LogP contribution in [-0.4, -0.2) is 23.7 Å². The Bertz CT molecular complexity index is 393. The van der Waals surface area contributed by atoms with Gasteiger partial charge in [-0.2, -0.15) is 0 Å². The van der Waals surface area contributed by atoms with Crippen LogP contribution in [0.5, 0.6) is 0 Å². The highest BCUT2D eigenvalue weighted by atomic mass is 35.5. The van der Waals surface area contributed by atoms with Crippen LogP contribution in [0.15, 0.2) is 24.3 Å². The van der Waals surface area contributed by atoms with E-state index in [2.05, 4.69) is 5.32 Å². The maximum Gasteiger partial charge on any atom is 0.224 e. The van der Waals surface area contributed by atoms with Gasteiger partial charge in [0.1, 0.15) is 0 Å². The second-order valence-corrected chi connectivity index (χ2v) is 5.26. The van der Waals surface area contributed by atoms with Gasteiger partial charge in [0.15, 0.2) is 0 Å². The van der Waals surface area contributed by atoms with E-state index in [9.17, 15) is 9.90 Å². The van der Waals surface area contributed by atoms with Gasteiger partial charge in [-0.05, 0) is 24.0 Å². The maximum absolute atomic E-state index is 11.7. The lowest BCUT2D eigenvalue weighted by Crippen LogP contribution is -2.33. The Morgan fingerprint density at radius 1 is 1.39 bits per heavy atom. The van der Waals surface area contributed by atoms with Crippen LogP contribution in [0, 0.1) is 5.92 Å². The number of aliphatic hydroxyl groups excluding tert-OH is 1. The van der Waals surface area contributed by atoms with Crippen molar-refractivity contribution in [3.05, 3.63) is 34.9 Å². The lowest BCUT2D eigenvalue weighted by atomic mass is 10.1. The molecular formula is C14H20ClNO2. The topological polar surface area (TPSA) is 49.3 Å². The normalized spacial score (nSPS) is 12.5. The van der Waals surface area contributed by atoms with Crippen molar-refractivity contribution in [2.45, 2.75) is 32.8 Å². The fraction of sp³-hybridized carbons (Fsp3) is 0.500. The van der Waals surface area contributed by atoms with Gasteiger partial charge in [0.25, 0.3) is 0 Å². The molecule has 0 heterocycles. The molecule has 4 heteroatoms. The SMILES string of the molecule is CC(C)CC(O)CNC(=O)Cc1ccccc1Cl. The molecule has 0 aliphatic rings. The van der Waals surface area contributed by atoms with Crippen molar-refractivity contribution in [1.82, 2.24) is 5.32 Å².